The monoisotopic (exact) mass is 335 g/mol. The molecule has 4 aromatic rings. The Hall–Kier alpha value is -2.78. The number of methoxy groups -OCH3 is 1. The number of para-hydroxylation sites is 2. The molecule has 4 rings (SSSR count). The number of halogens is 1. The average molecular weight is 336 g/mol. The first-order chi connectivity index (χ1) is 11.8. The third-order valence-electron chi connectivity index (χ3n) is 3.88. The summed E-state index contributed by atoms with van der Waals surface area (Å²) in [6.45, 7) is 0. The van der Waals surface area contributed by atoms with Crippen molar-refractivity contribution in [3.05, 3.63) is 71.8 Å². The van der Waals surface area contributed by atoms with Crippen molar-refractivity contribution in [3.8, 4) is 17.2 Å². The number of aromatic nitrogens is 1. The molecule has 0 aliphatic carbocycles. The number of ether oxygens (including phenoxy) is 2. The number of rotatable bonds is 3. The molecule has 3 nitrogen and oxygen atoms in total. The van der Waals surface area contributed by atoms with Gasteiger partial charge in [-0.1, -0.05) is 35.9 Å². The fraction of sp³-hybridized carbons (Fsp3) is 0.0500. The summed E-state index contributed by atoms with van der Waals surface area (Å²) in [4.78, 5) is 4.69. The van der Waals surface area contributed by atoms with Gasteiger partial charge in [0.25, 0.3) is 0 Å². The topological polar surface area (TPSA) is 31.4 Å². The Balaban J connectivity index is 2.05. The third kappa shape index (κ3) is 2.53. The Morgan fingerprint density at radius 3 is 2.46 bits per heavy atom. The highest BCUT2D eigenvalue weighted by atomic mass is 35.5. The molecule has 1 heterocycles. The maximum Gasteiger partial charge on any atom is 0.146 e. The van der Waals surface area contributed by atoms with E-state index in [1.165, 1.54) is 0 Å². The van der Waals surface area contributed by atoms with E-state index in [4.69, 9.17) is 21.1 Å². The second-order valence-corrected chi connectivity index (χ2v) is 5.78. The van der Waals surface area contributed by atoms with Crippen LogP contribution < -0.4 is 9.47 Å². The zero-order valence-corrected chi connectivity index (χ0v) is 13.7. The summed E-state index contributed by atoms with van der Waals surface area (Å²) < 4.78 is 11.6. The molecule has 1 aromatic heterocycles. The van der Waals surface area contributed by atoms with Crippen molar-refractivity contribution in [3.63, 3.8) is 0 Å². The lowest BCUT2D eigenvalue weighted by Gasteiger charge is -2.13. The van der Waals surface area contributed by atoms with E-state index in [1.54, 1.807) is 7.11 Å². The van der Waals surface area contributed by atoms with E-state index in [2.05, 4.69) is 4.98 Å². The van der Waals surface area contributed by atoms with E-state index >= 15 is 0 Å². The molecule has 0 aliphatic rings. The predicted molar refractivity (Wildman–Crippen MR) is 97.3 cm³/mol. The fourth-order valence-electron chi connectivity index (χ4n) is 2.72. The van der Waals surface area contributed by atoms with Crippen LogP contribution in [0.3, 0.4) is 0 Å². The number of hydrogen-bond acceptors (Lipinski definition) is 3. The second kappa shape index (κ2) is 6.02. The smallest absolute Gasteiger partial charge is 0.146 e. The molecule has 0 atom stereocenters. The van der Waals surface area contributed by atoms with Gasteiger partial charge in [0.05, 0.1) is 23.2 Å². The van der Waals surface area contributed by atoms with E-state index < -0.39 is 0 Å². The molecule has 4 heteroatoms. The zero-order valence-electron chi connectivity index (χ0n) is 13.0. The van der Waals surface area contributed by atoms with Crippen molar-refractivity contribution in [2.75, 3.05) is 7.11 Å². The molecular formula is C20H14ClNO2. The standard InChI is InChI=1S/C20H14ClNO2/c1-23-14-10-11-18-16(12-14)20(24-13-6-3-2-4-7-13)15-8-5-9-17(21)19(15)22-18/h2-12H,1H3. The minimum absolute atomic E-state index is 0.600. The lowest BCUT2D eigenvalue weighted by atomic mass is 10.1. The van der Waals surface area contributed by atoms with Gasteiger partial charge in [0.15, 0.2) is 0 Å². The molecule has 0 amide bonds. The van der Waals surface area contributed by atoms with Gasteiger partial charge in [0.2, 0.25) is 0 Å². The largest absolute Gasteiger partial charge is 0.497 e. The maximum atomic E-state index is 6.35. The lowest BCUT2D eigenvalue weighted by molar-refractivity contribution is 0.415. The van der Waals surface area contributed by atoms with E-state index in [0.717, 1.165) is 39.1 Å². The van der Waals surface area contributed by atoms with Crippen LogP contribution in [0.4, 0.5) is 0 Å². The number of nitrogens with zero attached hydrogens (tertiary/aromatic N) is 1. The Kier molecular flexibility index (Phi) is 3.71. The minimum Gasteiger partial charge on any atom is -0.497 e. The van der Waals surface area contributed by atoms with Crippen molar-refractivity contribution in [1.29, 1.82) is 0 Å². The predicted octanol–water partition coefficient (Wildman–Crippen LogP) is 5.84. The SMILES string of the molecule is COc1ccc2nc3c(Cl)cccc3c(Oc3ccccc3)c2c1. The zero-order chi connectivity index (χ0) is 16.5. The molecule has 0 aliphatic heterocycles. The van der Waals surface area contributed by atoms with Crippen LogP contribution in [0.15, 0.2) is 66.7 Å². The Labute approximate surface area is 144 Å². The van der Waals surface area contributed by atoms with Crippen LogP contribution in [0.2, 0.25) is 5.02 Å². The molecule has 0 spiro atoms. The molecule has 24 heavy (non-hydrogen) atoms. The highest BCUT2D eigenvalue weighted by molar-refractivity contribution is 6.35. The van der Waals surface area contributed by atoms with E-state index in [-0.39, 0.29) is 0 Å². The molecule has 0 radical (unpaired) electrons. The first-order valence-electron chi connectivity index (χ1n) is 7.55. The van der Waals surface area contributed by atoms with Crippen LogP contribution in [-0.4, -0.2) is 12.1 Å². The van der Waals surface area contributed by atoms with Crippen LogP contribution in [0.1, 0.15) is 0 Å². The Bertz CT molecular complexity index is 1030. The van der Waals surface area contributed by atoms with Crippen LogP contribution in [0.25, 0.3) is 21.8 Å². The highest BCUT2D eigenvalue weighted by Gasteiger charge is 2.14. The molecule has 0 N–H and O–H groups in total. The van der Waals surface area contributed by atoms with Crippen LogP contribution >= 0.6 is 11.6 Å². The van der Waals surface area contributed by atoms with Crippen LogP contribution in [0.5, 0.6) is 17.2 Å². The maximum absolute atomic E-state index is 6.35. The van der Waals surface area contributed by atoms with E-state index in [0.29, 0.717) is 5.02 Å². The summed E-state index contributed by atoms with van der Waals surface area (Å²) in [6, 6.07) is 21.1. The van der Waals surface area contributed by atoms with Gasteiger partial charge in [-0.2, -0.15) is 0 Å². The molecule has 0 fully saturated rings. The number of fused-ring (bicyclic) bond motifs is 2. The first-order valence-corrected chi connectivity index (χ1v) is 7.93. The molecule has 0 saturated carbocycles. The summed E-state index contributed by atoms with van der Waals surface area (Å²) >= 11 is 6.35. The van der Waals surface area contributed by atoms with Gasteiger partial charge in [-0.25, -0.2) is 4.98 Å². The number of pyridine rings is 1. The molecule has 0 saturated heterocycles. The fourth-order valence-corrected chi connectivity index (χ4v) is 2.93. The average Bonchev–Trinajstić information content (AvgIpc) is 2.63. The van der Waals surface area contributed by atoms with Crippen LogP contribution in [-0.2, 0) is 0 Å². The summed E-state index contributed by atoms with van der Waals surface area (Å²) in [5.41, 5.74) is 1.53. The van der Waals surface area contributed by atoms with Gasteiger partial charge in [0.1, 0.15) is 17.2 Å². The quantitative estimate of drug-likeness (QED) is 0.440. The summed E-state index contributed by atoms with van der Waals surface area (Å²) in [7, 11) is 1.64. The normalized spacial score (nSPS) is 10.9. The number of benzene rings is 3. The second-order valence-electron chi connectivity index (χ2n) is 5.38. The van der Waals surface area contributed by atoms with Gasteiger partial charge in [-0.15, -0.1) is 0 Å². The van der Waals surface area contributed by atoms with Crippen molar-refractivity contribution in [2.24, 2.45) is 0 Å². The van der Waals surface area contributed by atoms with Crippen molar-refractivity contribution < 1.29 is 9.47 Å². The molecule has 0 unspecified atom stereocenters. The molecular weight excluding hydrogens is 322 g/mol. The molecule has 3 aromatic carbocycles. The van der Waals surface area contributed by atoms with Crippen molar-refractivity contribution in [1.82, 2.24) is 4.98 Å². The van der Waals surface area contributed by atoms with Gasteiger partial charge in [-0.3, -0.25) is 0 Å². The van der Waals surface area contributed by atoms with Gasteiger partial charge in [-0.05, 0) is 42.5 Å². The van der Waals surface area contributed by atoms with Gasteiger partial charge >= 0.3 is 0 Å². The molecule has 118 valence electrons. The van der Waals surface area contributed by atoms with Crippen molar-refractivity contribution >= 4 is 33.4 Å². The van der Waals surface area contributed by atoms with Gasteiger partial charge < -0.3 is 9.47 Å². The third-order valence-corrected chi connectivity index (χ3v) is 4.18. The summed E-state index contributed by atoms with van der Waals surface area (Å²) in [5, 5.41) is 2.35. The van der Waals surface area contributed by atoms with E-state index in [1.807, 2.05) is 66.7 Å². The summed E-state index contributed by atoms with van der Waals surface area (Å²) in [5.74, 6) is 2.24. The molecule has 0 bridgehead atoms. The number of hydrogen-bond donors (Lipinski definition) is 0. The van der Waals surface area contributed by atoms with Crippen molar-refractivity contribution in [2.45, 2.75) is 0 Å². The Morgan fingerprint density at radius 2 is 1.67 bits per heavy atom. The van der Waals surface area contributed by atoms with Crippen LogP contribution in [0, 0.1) is 0 Å². The minimum atomic E-state index is 0.600. The van der Waals surface area contributed by atoms with E-state index in [9.17, 15) is 0 Å². The lowest BCUT2D eigenvalue weighted by Crippen LogP contribution is -1.92. The first kappa shape index (κ1) is 14.8. The highest BCUT2D eigenvalue weighted by Crippen LogP contribution is 2.39. The van der Waals surface area contributed by atoms with Gasteiger partial charge in [0, 0.05) is 10.8 Å². The Morgan fingerprint density at radius 1 is 0.833 bits per heavy atom. The summed E-state index contributed by atoms with van der Waals surface area (Å²) in [6.07, 6.45) is 0.